The molecule has 1 N–H and O–H groups in total. The van der Waals surface area contributed by atoms with Gasteiger partial charge in [-0.1, -0.05) is 89.7 Å². The summed E-state index contributed by atoms with van der Waals surface area (Å²) in [7, 11) is 0. The number of fused-ring (bicyclic) bond motifs is 1. The third-order valence-electron chi connectivity index (χ3n) is 7.27. The smallest absolute Gasteiger partial charge is 0.254 e. The van der Waals surface area contributed by atoms with Gasteiger partial charge < -0.3 is 14.7 Å². The van der Waals surface area contributed by atoms with Crippen molar-refractivity contribution in [2.45, 2.75) is 62.3 Å². The number of phenolic OH excluding ortho intramolecular Hbond substituents is 1. The van der Waals surface area contributed by atoms with Crippen LogP contribution < -0.4 is 0 Å². The van der Waals surface area contributed by atoms with Gasteiger partial charge in [-0.25, -0.2) is 0 Å². The second-order valence-corrected chi connectivity index (χ2v) is 13.4. The Balaban J connectivity index is 1.51. The molecule has 5 rings (SSSR count). The van der Waals surface area contributed by atoms with E-state index in [9.17, 15) is 9.90 Å². The largest absolute Gasteiger partial charge is 0.507 e. The molecule has 1 amide bonds. The third kappa shape index (κ3) is 5.72. The number of morpholine rings is 1. The van der Waals surface area contributed by atoms with Crippen molar-refractivity contribution in [2.75, 3.05) is 26.3 Å². The van der Waals surface area contributed by atoms with Gasteiger partial charge in [-0.3, -0.25) is 4.79 Å². The fourth-order valence-electron chi connectivity index (χ4n) is 5.01. The van der Waals surface area contributed by atoms with E-state index in [1.165, 1.54) is 0 Å². The van der Waals surface area contributed by atoms with Gasteiger partial charge in [0, 0.05) is 51.0 Å². The summed E-state index contributed by atoms with van der Waals surface area (Å²) in [5, 5.41) is 23.3. The van der Waals surface area contributed by atoms with Crippen molar-refractivity contribution in [3.63, 3.8) is 0 Å². The van der Waals surface area contributed by atoms with Crippen molar-refractivity contribution in [1.82, 2.24) is 15.1 Å². The Hall–Kier alpha value is -3.42. The predicted octanol–water partition coefficient (Wildman–Crippen LogP) is 7.22. The standard InChI is InChI=1S/C33H37N3O3S/c1-32(2,3)26-19-23(20-27(29(26)37)33(4,5)6)40-30-25-10-8-7-9-24(25)28(34-35-30)21-11-13-22(14-12-21)31(38)36-15-17-39-18-16-36/h7-14,19-20,37H,15-18H2,1-6H3. The monoisotopic (exact) mass is 555 g/mol. The van der Waals surface area contributed by atoms with Gasteiger partial charge >= 0.3 is 0 Å². The Morgan fingerprint density at radius 2 is 1.43 bits per heavy atom. The van der Waals surface area contributed by atoms with E-state index in [-0.39, 0.29) is 16.7 Å². The molecule has 0 spiro atoms. The van der Waals surface area contributed by atoms with Crippen LogP contribution in [0.25, 0.3) is 22.0 Å². The van der Waals surface area contributed by atoms with E-state index in [1.807, 2.05) is 41.3 Å². The molecule has 0 atom stereocenters. The second kappa shape index (κ2) is 10.9. The number of amides is 1. The first kappa shape index (κ1) is 28.1. The topological polar surface area (TPSA) is 75.6 Å². The minimum atomic E-state index is -0.215. The Kier molecular flexibility index (Phi) is 7.64. The predicted molar refractivity (Wildman–Crippen MR) is 161 cm³/mol. The molecule has 1 aliphatic rings. The molecule has 0 unspecified atom stereocenters. The molecule has 1 saturated heterocycles. The first-order valence-electron chi connectivity index (χ1n) is 13.7. The van der Waals surface area contributed by atoms with Crippen LogP contribution in [0, 0.1) is 0 Å². The van der Waals surface area contributed by atoms with E-state index < -0.39 is 0 Å². The highest BCUT2D eigenvalue weighted by Crippen LogP contribution is 2.44. The van der Waals surface area contributed by atoms with Crippen LogP contribution in [0.4, 0.5) is 0 Å². The molecule has 6 nitrogen and oxygen atoms in total. The van der Waals surface area contributed by atoms with Crippen LogP contribution in [0.5, 0.6) is 5.75 Å². The zero-order valence-corrected chi connectivity index (χ0v) is 24.9. The van der Waals surface area contributed by atoms with Gasteiger partial charge in [0.05, 0.1) is 13.2 Å². The highest BCUT2D eigenvalue weighted by Gasteiger charge is 2.27. The molecule has 0 bridgehead atoms. The van der Waals surface area contributed by atoms with Crippen LogP contribution in [0.1, 0.15) is 63.0 Å². The fourth-order valence-corrected chi connectivity index (χ4v) is 5.96. The summed E-state index contributed by atoms with van der Waals surface area (Å²) in [6.45, 7) is 15.1. The van der Waals surface area contributed by atoms with Gasteiger partial charge in [0.1, 0.15) is 16.5 Å². The molecular weight excluding hydrogens is 518 g/mol. The van der Waals surface area contributed by atoms with Crippen molar-refractivity contribution in [2.24, 2.45) is 0 Å². The number of nitrogens with zero attached hydrogens (tertiary/aromatic N) is 3. The number of carbonyl (C=O) groups excluding carboxylic acids is 1. The van der Waals surface area contributed by atoms with Crippen molar-refractivity contribution in [1.29, 1.82) is 0 Å². The molecule has 0 aliphatic carbocycles. The molecule has 208 valence electrons. The SMILES string of the molecule is CC(C)(C)c1cc(Sc2nnc(-c3ccc(C(=O)N4CCOCC4)cc3)c3ccccc23)cc(C(C)(C)C)c1O. The molecule has 1 aliphatic heterocycles. The average Bonchev–Trinajstić information content (AvgIpc) is 2.93. The zero-order chi connectivity index (χ0) is 28.7. The van der Waals surface area contributed by atoms with E-state index in [0.717, 1.165) is 43.1 Å². The molecule has 2 heterocycles. The molecule has 1 aromatic heterocycles. The van der Waals surface area contributed by atoms with E-state index >= 15 is 0 Å². The summed E-state index contributed by atoms with van der Waals surface area (Å²) in [5.74, 6) is 0.391. The minimum absolute atomic E-state index is 0.0238. The molecule has 40 heavy (non-hydrogen) atoms. The number of ether oxygens (including phenoxy) is 1. The number of phenols is 1. The summed E-state index contributed by atoms with van der Waals surface area (Å²) in [6, 6.07) is 19.9. The normalized spacial score (nSPS) is 14.5. The van der Waals surface area contributed by atoms with Crippen LogP contribution >= 0.6 is 11.8 Å². The molecule has 1 fully saturated rings. The summed E-state index contributed by atoms with van der Waals surface area (Å²) in [6.07, 6.45) is 0. The number of hydrogen-bond acceptors (Lipinski definition) is 6. The molecular formula is C33H37N3O3S. The maximum absolute atomic E-state index is 12.9. The van der Waals surface area contributed by atoms with Crippen molar-refractivity contribution >= 4 is 28.4 Å². The Bertz CT molecular complexity index is 1510. The lowest BCUT2D eigenvalue weighted by Crippen LogP contribution is -2.40. The zero-order valence-electron chi connectivity index (χ0n) is 24.1. The van der Waals surface area contributed by atoms with Crippen molar-refractivity contribution < 1.29 is 14.6 Å². The fraction of sp³-hybridized carbons (Fsp3) is 0.364. The summed E-state index contributed by atoms with van der Waals surface area (Å²) in [5.41, 5.74) is 3.76. The highest BCUT2D eigenvalue weighted by molar-refractivity contribution is 7.99. The number of carbonyl (C=O) groups is 1. The minimum Gasteiger partial charge on any atom is -0.507 e. The maximum Gasteiger partial charge on any atom is 0.254 e. The lowest BCUT2D eigenvalue weighted by atomic mass is 9.79. The maximum atomic E-state index is 12.9. The quantitative estimate of drug-likeness (QED) is 0.287. The molecule has 3 aromatic carbocycles. The summed E-state index contributed by atoms with van der Waals surface area (Å²) < 4.78 is 5.38. The molecule has 0 saturated carbocycles. The Morgan fingerprint density at radius 1 is 0.850 bits per heavy atom. The van der Waals surface area contributed by atoms with Crippen LogP contribution in [0.2, 0.25) is 0 Å². The van der Waals surface area contributed by atoms with Crippen LogP contribution in [0.15, 0.2) is 70.6 Å². The lowest BCUT2D eigenvalue weighted by Gasteiger charge is -2.28. The van der Waals surface area contributed by atoms with Crippen LogP contribution in [-0.2, 0) is 15.6 Å². The molecule has 4 aromatic rings. The van der Waals surface area contributed by atoms with Gasteiger partial charge in [0.2, 0.25) is 0 Å². The first-order chi connectivity index (χ1) is 18.9. The Morgan fingerprint density at radius 3 is 2.00 bits per heavy atom. The van der Waals surface area contributed by atoms with Crippen LogP contribution in [-0.4, -0.2) is 52.4 Å². The van der Waals surface area contributed by atoms with E-state index in [0.29, 0.717) is 37.6 Å². The van der Waals surface area contributed by atoms with E-state index in [2.05, 4.69) is 76.0 Å². The Labute approximate surface area is 240 Å². The van der Waals surface area contributed by atoms with Gasteiger partial charge in [-0.2, -0.15) is 0 Å². The first-order valence-corrected chi connectivity index (χ1v) is 14.5. The number of benzene rings is 3. The summed E-state index contributed by atoms with van der Waals surface area (Å²) in [4.78, 5) is 15.7. The van der Waals surface area contributed by atoms with E-state index in [1.54, 1.807) is 11.8 Å². The highest BCUT2D eigenvalue weighted by atomic mass is 32.2. The molecule has 7 heteroatoms. The van der Waals surface area contributed by atoms with Gasteiger partial charge in [0.25, 0.3) is 5.91 Å². The lowest BCUT2D eigenvalue weighted by molar-refractivity contribution is 0.0303. The summed E-state index contributed by atoms with van der Waals surface area (Å²) >= 11 is 1.57. The van der Waals surface area contributed by atoms with Crippen molar-refractivity contribution in [3.8, 4) is 17.0 Å². The van der Waals surface area contributed by atoms with Gasteiger partial charge in [-0.05, 0) is 35.1 Å². The van der Waals surface area contributed by atoms with Crippen LogP contribution in [0.3, 0.4) is 0 Å². The number of rotatable bonds is 4. The third-order valence-corrected chi connectivity index (χ3v) is 8.24. The number of hydrogen-bond donors (Lipinski definition) is 1. The average molecular weight is 556 g/mol. The van der Waals surface area contributed by atoms with E-state index in [4.69, 9.17) is 4.74 Å². The van der Waals surface area contributed by atoms with Gasteiger partial charge in [0.15, 0.2) is 0 Å². The van der Waals surface area contributed by atoms with Gasteiger partial charge in [-0.15, -0.1) is 10.2 Å². The molecule has 0 radical (unpaired) electrons. The number of aromatic hydroxyl groups is 1. The number of aromatic nitrogens is 2. The van der Waals surface area contributed by atoms with Crippen molar-refractivity contribution in [3.05, 3.63) is 77.4 Å². The second-order valence-electron chi connectivity index (χ2n) is 12.4.